The van der Waals surface area contributed by atoms with E-state index in [1.807, 2.05) is 42.0 Å². The van der Waals surface area contributed by atoms with Crippen LogP contribution in [0.1, 0.15) is 24.6 Å². The molecule has 0 aliphatic rings. The van der Waals surface area contributed by atoms with Crippen LogP contribution >= 0.6 is 11.6 Å². The van der Waals surface area contributed by atoms with E-state index in [0.717, 1.165) is 33.2 Å². The molecule has 2 heterocycles. The van der Waals surface area contributed by atoms with Crippen LogP contribution in [0.3, 0.4) is 0 Å². The van der Waals surface area contributed by atoms with Gasteiger partial charge in [-0.25, -0.2) is 17.4 Å². The van der Waals surface area contributed by atoms with E-state index < -0.39 is 10.0 Å². The molecule has 0 radical (unpaired) electrons. The average molecular weight is 485 g/mol. The maximum absolute atomic E-state index is 11.6. The van der Waals surface area contributed by atoms with Gasteiger partial charge in [0.2, 0.25) is 10.0 Å². The van der Waals surface area contributed by atoms with Crippen molar-refractivity contribution >= 4 is 32.5 Å². The summed E-state index contributed by atoms with van der Waals surface area (Å²) in [6.07, 6.45) is 6.48. The van der Waals surface area contributed by atoms with Crippen LogP contribution in [-0.4, -0.2) is 34.8 Å². The molecule has 8 nitrogen and oxygen atoms in total. The van der Waals surface area contributed by atoms with Gasteiger partial charge in [-0.3, -0.25) is 0 Å². The molecule has 0 aliphatic carbocycles. The number of nitrogens with zero attached hydrogens (tertiary/aromatic N) is 4. The molecule has 0 aliphatic heterocycles. The van der Waals surface area contributed by atoms with E-state index >= 15 is 0 Å². The van der Waals surface area contributed by atoms with Crippen LogP contribution in [0.25, 0.3) is 16.6 Å². The van der Waals surface area contributed by atoms with Crippen molar-refractivity contribution in [2.75, 3.05) is 12.9 Å². The molecule has 0 amide bonds. The van der Waals surface area contributed by atoms with Crippen molar-refractivity contribution in [1.82, 2.24) is 13.5 Å². The van der Waals surface area contributed by atoms with Gasteiger partial charge in [-0.15, -0.1) is 0 Å². The molecule has 4 aromatic rings. The van der Waals surface area contributed by atoms with Gasteiger partial charge >= 0.3 is 0 Å². The van der Waals surface area contributed by atoms with E-state index in [1.54, 1.807) is 12.1 Å². The first-order valence-corrected chi connectivity index (χ1v) is 12.4. The Bertz CT molecular complexity index is 1470. The topological polar surface area (TPSA) is 99.1 Å². The van der Waals surface area contributed by atoms with E-state index in [9.17, 15) is 13.7 Å². The number of ether oxygens (including phenoxy) is 2. The van der Waals surface area contributed by atoms with E-state index in [4.69, 9.17) is 21.1 Å². The second kappa shape index (κ2) is 9.17. The molecule has 33 heavy (non-hydrogen) atoms. The minimum absolute atomic E-state index is 0.134. The Labute approximate surface area is 196 Å². The fourth-order valence-electron chi connectivity index (χ4n) is 3.35. The van der Waals surface area contributed by atoms with Gasteiger partial charge < -0.3 is 14.0 Å². The minimum atomic E-state index is -3.37. The molecule has 0 unspecified atom stereocenters. The number of imidazole rings is 1. The number of halogens is 1. The van der Waals surface area contributed by atoms with E-state index in [1.165, 1.54) is 12.5 Å². The molecule has 4 rings (SSSR count). The summed E-state index contributed by atoms with van der Waals surface area (Å²) in [6, 6.07) is 13.2. The van der Waals surface area contributed by atoms with Crippen molar-refractivity contribution in [3.05, 3.63) is 71.4 Å². The molecule has 2 aromatic heterocycles. The molecule has 0 N–H and O–H groups in total. The summed E-state index contributed by atoms with van der Waals surface area (Å²) in [5.41, 5.74) is 2.53. The average Bonchev–Trinajstić information content (AvgIpc) is 3.43. The van der Waals surface area contributed by atoms with Gasteiger partial charge in [-0.1, -0.05) is 18.5 Å². The maximum Gasteiger partial charge on any atom is 0.236 e. The first-order valence-electron chi connectivity index (χ1n) is 10.1. The Balaban J connectivity index is 1.58. The Morgan fingerprint density at radius 3 is 2.70 bits per heavy atom. The van der Waals surface area contributed by atoms with Gasteiger partial charge in [-0.05, 0) is 42.8 Å². The Hall–Kier alpha value is -3.48. The summed E-state index contributed by atoms with van der Waals surface area (Å²) in [7, 11) is -3.37. The highest BCUT2D eigenvalue weighted by Crippen LogP contribution is 2.33. The van der Waals surface area contributed by atoms with Crippen LogP contribution in [0.2, 0.25) is 5.02 Å². The number of hydrogen-bond acceptors (Lipinski definition) is 6. The molecule has 170 valence electrons. The summed E-state index contributed by atoms with van der Waals surface area (Å²) in [5, 5.41) is 10.9. The lowest BCUT2D eigenvalue weighted by Gasteiger charge is -2.13. The number of rotatable bonds is 8. The number of benzene rings is 2. The smallest absolute Gasteiger partial charge is 0.236 e. The van der Waals surface area contributed by atoms with Crippen LogP contribution < -0.4 is 9.47 Å². The first-order chi connectivity index (χ1) is 15.8. The summed E-state index contributed by atoms with van der Waals surface area (Å²) in [4.78, 5) is 4.06. The maximum atomic E-state index is 11.6. The molecule has 2 aromatic carbocycles. The molecule has 0 bridgehead atoms. The summed E-state index contributed by atoms with van der Waals surface area (Å²) in [5.74, 6) is 1.02. The highest BCUT2D eigenvalue weighted by molar-refractivity contribution is 7.89. The SMILES string of the molecule is CCCOc1c(Cl)cc(-n2ccc3cc(OCc4cn(S(C)(=O)=O)cn4)ccc32)cc1C#N. The molecule has 10 heteroatoms. The monoisotopic (exact) mass is 484 g/mol. The lowest BCUT2D eigenvalue weighted by molar-refractivity contribution is 0.302. The third-order valence-corrected chi connectivity index (χ3v) is 6.17. The van der Waals surface area contributed by atoms with Gasteiger partial charge in [0.05, 0.1) is 34.7 Å². The minimum Gasteiger partial charge on any atom is -0.491 e. The second-order valence-electron chi connectivity index (χ2n) is 7.42. The van der Waals surface area contributed by atoms with Crippen molar-refractivity contribution in [3.8, 4) is 23.3 Å². The Kier molecular flexibility index (Phi) is 6.31. The number of fused-ring (bicyclic) bond motifs is 1. The van der Waals surface area contributed by atoms with Crippen molar-refractivity contribution in [1.29, 1.82) is 5.26 Å². The summed E-state index contributed by atoms with van der Waals surface area (Å²) in [6.45, 7) is 2.60. The number of hydrogen-bond donors (Lipinski definition) is 0. The van der Waals surface area contributed by atoms with Gasteiger partial charge in [0, 0.05) is 23.5 Å². The highest BCUT2D eigenvalue weighted by atomic mass is 35.5. The zero-order valence-corrected chi connectivity index (χ0v) is 19.6. The molecule has 0 fully saturated rings. The standard InChI is InChI=1S/C23H21ClN4O4S/c1-3-8-31-23-17(12-25)9-19(11-21(23)24)28-7-6-16-10-20(4-5-22(16)28)32-14-18-13-27(15-26-18)33(2,29)30/h4-7,9-11,13,15H,3,8,14H2,1-2H3. The van der Waals surface area contributed by atoms with Crippen LogP contribution in [0.5, 0.6) is 11.5 Å². The normalized spacial score (nSPS) is 11.5. The summed E-state index contributed by atoms with van der Waals surface area (Å²) >= 11 is 6.42. The lowest BCUT2D eigenvalue weighted by atomic mass is 10.2. The Morgan fingerprint density at radius 2 is 2.00 bits per heavy atom. The largest absolute Gasteiger partial charge is 0.491 e. The molecule has 0 spiro atoms. The predicted octanol–water partition coefficient (Wildman–Crippen LogP) is 4.53. The van der Waals surface area contributed by atoms with Gasteiger partial charge in [0.25, 0.3) is 0 Å². The fourth-order valence-corrected chi connectivity index (χ4v) is 4.15. The van der Waals surface area contributed by atoms with Crippen molar-refractivity contribution < 1.29 is 17.9 Å². The zero-order chi connectivity index (χ0) is 23.6. The highest BCUT2D eigenvalue weighted by Gasteiger charge is 2.14. The van der Waals surface area contributed by atoms with E-state index in [-0.39, 0.29) is 6.61 Å². The van der Waals surface area contributed by atoms with Crippen molar-refractivity contribution in [3.63, 3.8) is 0 Å². The molecular formula is C23H21ClN4O4S. The van der Waals surface area contributed by atoms with Crippen LogP contribution in [0, 0.1) is 11.3 Å². The van der Waals surface area contributed by atoms with E-state index in [2.05, 4.69) is 11.1 Å². The molecule has 0 saturated heterocycles. The van der Waals surface area contributed by atoms with Crippen LogP contribution in [0.4, 0.5) is 0 Å². The van der Waals surface area contributed by atoms with Crippen LogP contribution in [0.15, 0.2) is 55.1 Å². The van der Waals surface area contributed by atoms with Crippen LogP contribution in [-0.2, 0) is 16.6 Å². The lowest BCUT2D eigenvalue weighted by Crippen LogP contribution is -2.07. The zero-order valence-electron chi connectivity index (χ0n) is 18.0. The number of nitriles is 1. The van der Waals surface area contributed by atoms with E-state index in [0.29, 0.717) is 34.4 Å². The summed E-state index contributed by atoms with van der Waals surface area (Å²) < 4.78 is 37.5. The third-order valence-electron chi connectivity index (χ3n) is 4.92. The van der Waals surface area contributed by atoms with Gasteiger partial charge in [0.15, 0.2) is 5.75 Å². The third kappa shape index (κ3) is 4.82. The van der Waals surface area contributed by atoms with Gasteiger partial charge in [-0.2, -0.15) is 5.26 Å². The quantitative estimate of drug-likeness (QED) is 0.364. The molecule has 0 atom stereocenters. The predicted molar refractivity (Wildman–Crippen MR) is 126 cm³/mol. The fraction of sp³-hybridized carbons (Fsp3) is 0.217. The molecular weight excluding hydrogens is 464 g/mol. The second-order valence-corrected chi connectivity index (χ2v) is 9.71. The van der Waals surface area contributed by atoms with Crippen molar-refractivity contribution in [2.24, 2.45) is 0 Å². The number of aromatic nitrogens is 3. The Morgan fingerprint density at radius 1 is 1.18 bits per heavy atom. The van der Waals surface area contributed by atoms with Crippen molar-refractivity contribution in [2.45, 2.75) is 20.0 Å². The first kappa shape index (κ1) is 22.7. The van der Waals surface area contributed by atoms with Gasteiger partial charge in [0.1, 0.15) is 24.8 Å². The molecule has 0 saturated carbocycles.